The Hall–Kier alpha value is -4.14. The highest BCUT2D eigenvalue weighted by atomic mass is 35.5. The van der Waals surface area contributed by atoms with Crippen LogP contribution in [-0.4, -0.2) is 76.5 Å². The predicted octanol–water partition coefficient (Wildman–Crippen LogP) is 5.10. The molecular formula is C30H29ClF3N9O2. The number of nitrogens with zero attached hydrogens (tertiary/aromatic N) is 8. The summed E-state index contributed by atoms with van der Waals surface area (Å²) >= 11 is 6.00. The molecule has 1 unspecified atom stereocenters. The number of rotatable bonds is 9. The summed E-state index contributed by atoms with van der Waals surface area (Å²) in [6.07, 6.45) is 0.377. The van der Waals surface area contributed by atoms with Crippen molar-refractivity contribution in [3.63, 3.8) is 0 Å². The van der Waals surface area contributed by atoms with Crippen molar-refractivity contribution in [2.24, 2.45) is 0 Å². The van der Waals surface area contributed by atoms with Crippen molar-refractivity contribution in [2.75, 3.05) is 19.7 Å². The van der Waals surface area contributed by atoms with E-state index in [0.717, 1.165) is 55.9 Å². The van der Waals surface area contributed by atoms with E-state index in [0.29, 0.717) is 41.9 Å². The van der Waals surface area contributed by atoms with Crippen LogP contribution < -0.4 is 4.74 Å². The van der Waals surface area contributed by atoms with Crippen molar-refractivity contribution < 1.29 is 22.6 Å². The fraction of sp³-hybridized carbons (Fsp3) is 0.400. The monoisotopic (exact) mass is 639 g/mol. The van der Waals surface area contributed by atoms with Crippen LogP contribution in [0.5, 0.6) is 5.88 Å². The van der Waals surface area contributed by atoms with Crippen molar-refractivity contribution in [3.05, 3.63) is 76.7 Å². The Morgan fingerprint density at radius 1 is 0.978 bits per heavy atom. The average Bonchev–Trinajstić information content (AvgIpc) is 3.63. The summed E-state index contributed by atoms with van der Waals surface area (Å²) in [6, 6.07) is 12.8. The van der Waals surface area contributed by atoms with Crippen LogP contribution in [0.15, 0.2) is 48.7 Å². The maximum Gasteiger partial charge on any atom is 0.451 e. The minimum atomic E-state index is -4.62. The quantitative estimate of drug-likeness (QED) is 0.235. The number of alkyl halides is 3. The maximum atomic E-state index is 13.0. The Kier molecular flexibility index (Phi) is 8.10. The molecule has 2 fully saturated rings. The van der Waals surface area contributed by atoms with E-state index in [9.17, 15) is 13.2 Å². The lowest BCUT2D eigenvalue weighted by Gasteiger charge is -2.32. The summed E-state index contributed by atoms with van der Waals surface area (Å²) in [5.41, 5.74) is 2.53. The van der Waals surface area contributed by atoms with E-state index in [1.54, 1.807) is 18.3 Å². The van der Waals surface area contributed by atoms with Gasteiger partial charge in [-0.1, -0.05) is 23.7 Å². The number of hydrogen-bond acceptors (Lipinski definition) is 9. The van der Waals surface area contributed by atoms with Gasteiger partial charge in [-0.15, -0.1) is 10.2 Å². The molecule has 2 saturated heterocycles. The number of likely N-dealkylation sites (tertiary alicyclic amines) is 1. The molecule has 1 aromatic carbocycles. The molecule has 0 amide bonds. The number of nitrogens with one attached hydrogen (secondary N) is 1. The second kappa shape index (κ2) is 12.3. The first-order valence-electron chi connectivity index (χ1n) is 14.7. The van der Waals surface area contributed by atoms with Crippen LogP contribution >= 0.6 is 11.6 Å². The van der Waals surface area contributed by atoms with Gasteiger partial charge in [0.1, 0.15) is 23.4 Å². The largest absolute Gasteiger partial charge is 0.474 e. The van der Waals surface area contributed by atoms with Crippen LogP contribution in [0.1, 0.15) is 42.3 Å². The number of piperidine rings is 1. The van der Waals surface area contributed by atoms with Gasteiger partial charge in [0.15, 0.2) is 11.5 Å². The molecule has 0 radical (unpaired) electrons. The summed E-state index contributed by atoms with van der Waals surface area (Å²) in [5.74, 6) is 0.831. The molecule has 1 N–H and O–H groups in total. The number of H-pyrrole nitrogens is 1. The van der Waals surface area contributed by atoms with Crippen LogP contribution in [0, 0.1) is 0 Å². The molecule has 2 aliphatic rings. The number of benzene rings is 1. The molecule has 11 nitrogen and oxygen atoms in total. The van der Waals surface area contributed by atoms with Crippen LogP contribution in [0.4, 0.5) is 13.2 Å². The van der Waals surface area contributed by atoms with Gasteiger partial charge in [-0.05, 0) is 49.1 Å². The lowest BCUT2D eigenvalue weighted by Crippen LogP contribution is -2.39. The van der Waals surface area contributed by atoms with Crippen LogP contribution in [0.3, 0.4) is 0 Å². The normalized spacial score (nSPS) is 17.9. The maximum absolute atomic E-state index is 13.0. The van der Waals surface area contributed by atoms with Crippen molar-refractivity contribution in [2.45, 2.75) is 57.2 Å². The highest BCUT2D eigenvalue weighted by Crippen LogP contribution is 2.29. The third-order valence-corrected chi connectivity index (χ3v) is 8.26. The molecule has 15 heteroatoms. The lowest BCUT2D eigenvalue weighted by molar-refractivity contribution is -0.144. The molecule has 4 aromatic heterocycles. The molecule has 1 atom stereocenters. The number of hydrogen-bond donors (Lipinski definition) is 1. The van der Waals surface area contributed by atoms with Crippen molar-refractivity contribution >= 4 is 22.8 Å². The van der Waals surface area contributed by atoms with Gasteiger partial charge in [-0.3, -0.25) is 4.90 Å². The van der Waals surface area contributed by atoms with Crippen molar-refractivity contribution in [1.82, 2.24) is 44.6 Å². The zero-order valence-corrected chi connectivity index (χ0v) is 24.8. The molecule has 5 aromatic rings. The number of fused-ring (bicyclic) bond motifs is 1. The second-order valence-corrected chi connectivity index (χ2v) is 11.6. The van der Waals surface area contributed by atoms with Gasteiger partial charge in [-0.2, -0.15) is 18.2 Å². The van der Waals surface area contributed by atoms with Crippen LogP contribution in [0.2, 0.25) is 5.02 Å². The second-order valence-electron chi connectivity index (χ2n) is 11.2. The van der Waals surface area contributed by atoms with Gasteiger partial charge in [0.25, 0.3) is 0 Å². The molecule has 7 rings (SSSR count). The summed E-state index contributed by atoms with van der Waals surface area (Å²) in [5, 5.41) is 7.55. The standard InChI is InChI=1S/C30H29ClF3N9O2/c31-19-3-1-18(2-4-19)15-24-35-11-7-26(37-24)45-20-8-12-42(13-9-20)17-25-38-28-23(43(25)16-21-10-14-44-21)6-5-22(36-28)27-39-29(41-40-27)30(32,33)34/h1-7,11,20-21H,8-10,12-17H2,(H,39,40,41). The zero-order chi connectivity index (χ0) is 31.0. The first kappa shape index (κ1) is 29.6. The molecule has 6 heterocycles. The van der Waals surface area contributed by atoms with E-state index in [1.807, 2.05) is 30.3 Å². The number of aromatic amines is 1. The van der Waals surface area contributed by atoms with E-state index < -0.39 is 12.0 Å². The highest BCUT2D eigenvalue weighted by molar-refractivity contribution is 6.30. The van der Waals surface area contributed by atoms with Crippen LogP contribution in [0.25, 0.3) is 22.7 Å². The van der Waals surface area contributed by atoms with E-state index in [2.05, 4.69) is 39.6 Å². The fourth-order valence-electron chi connectivity index (χ4n) is 5.52. The first-order valence-corrected chi connectivity index (χ1v) is 15.1. The summed E-state index contributed by atoms with van der Waals surface area (Å²) in [6.45, 7) is 3.54. The Morgan fingerprint density at radius 2 is 1.78 bits per heavy atom. The molecule has 0 saturated carbocycles. The molecule has 0 spiro atoms. The highest BCUT2D eigenvalue weighted by Gasteiger charge is 2.35. The molecule has 0 aliphatic carbocycles. The fourth-order valence-corrected chi connectivity index (χ4v) is 5.65. The van der Waals surface area contributed by atoms with Gasteiger partial charge in [0, 0.05) is 43.4 Å². The Labute approximate surface area is 260 Å². The molecule has 2 aliphatic heterocycles. The predicted molar refractivity (Wildman–Crippen MR) is 157 cm³/mol. The topological polar surface area (TPSA) is 120 Å². The summed E-state index contributed by atoms with van der Waals surface area (Å²) in [4.78, 5) is 22.9. The number of aromatic nitrogens is 8. The molecule has 0 bridgehead atoms. The van der Waals surface area contributed by atoms with Gasteiger partial charge in [-0.25, -0.2) is 15.0 Å². The molecule has 45 heavy (non-hydrogen) atoms. The Balaban J connectivity index is 1.02. The number of halogens is 4. The first-order chi connectivity index (χ1) is 21.8. The molecule has 234 valence electrons. The Bertz CT molecular complexity index is 1780. The SMILES string of the molecule is FC(F)(F)c1nnc(-c2ccc3c(n2)nc(CN2CCC(Oc4ccnc(Cc5ccc(Cl)cc5)n4)CC2)n3CC2CCO2)[nH]1. The smallest absolute Gasteiger partial charge is 0.451 e. The van der Waals surface area contributed by atoms with E-state index in [1.165, 1.54) is 0 Å². The third-order valence-electron chi connectivity index (χ3n) is 8.01. The lowest BCUT2D eigenvalue weighted by atomic mass is 10.1. The van der Waals surface area contributed by atoms with Crippen LogP contribution in [-0.2, 0) is 30.4 Å². The third kappa shape index (κ3) is 6.77. The van der Waals surface area contributed by atoms with Gasteiger partial charge in [0.05, 0.1) is 24.7 Å². The van der Waals surface area contributed by atoms with E-state index >= 15 is 0 Å². The van der Waals surface area contributed by atoms with E-state index in [4.69, 9.17) is 26.1 Å². The molecular weight excluding hydrogens is 611 g/mol. The number of ether oxygens (including phenoxy) is 2. The minimum absolute atomic E-state index is 0.0226. The van der Waals surface area contributed by atoms with Crippen molar-refractivity contribution in [3.8, 4) is 17.4 Å². The summed E-state index contributed by atoms with van der Waals surface area (Å²) in [7, 11) is 0. The average molecular weight is 640 g/mol. The number of pyridine rings is 1. The van der Waals surface area contributed by atoms with Gasteiger partial charge >= 0.3 is 6.18 Å². The van der Waals surface area contributed by atoms with Gasteiger partial charge < -0.3 is 19.0 Å². The Morgan fingerprint density at radius 3 is 2.49 bits per heavy atom. The van der Waals surface area contributed by atoms with E-state index in [-0.39, 0.29) is 23.7 Å². The number of imidazole rings is 1. The van der Waals surface area contributed by atoms with Gasteiger partial charge in [0.2, 0.25) is 11.7 Å². The van der Waals surface area contributed by atoms with Crippen molar-refractivity contribution in [1.29, 1.82) is 0 Å². The minimum Gasteiger partial charge on any atom is -0.474 e. The zero-order valence-electron chi connectivity index (χ0n) is 24.0. The summed E-state index contributed by atoms with van der Waals surface area (Å²) < 4.78 is 53.2.